The molecule has 2 aromatic rings. The molecule has 0 unspecified atom stereocenters. The number of nitrogens with zero attached hydrogens (tertiary/aromatic N) is 1. The zero-order valence-corrected chi connectivity index (χ0v) is 12.6. The number of rotatable bonds is 1. The van der Waals surface area contributed by atoms with Gasteiger partial charge in [-0.25, -0.2) is 0 Å². The molecule has 0 heterocycles. The van der Waals surface area contributed by atoms with Crippen LogP contribution in [0.4, 0.5) is 22.7 Å². The Kier molecular flexibility index (Phi) is 5.26. The Labute approximate surface area is 121 Å². The van der Waals surface area contributed by atoms with Crippen molar-refractivity contribution in [3.8, 4) is 0 Å². The lowest BCUT2D eigenvalue weighted by Gasteiger charge is -2.11. The summed E-state index contributed by atoms with van der Waals surface area (Å²) in [5, 5.41) is 0. The van der Waals surface area contributed by atoms with E-state index in [1.165, 1.54) is 5.69 Å². The Hall–Kier alpha value is -2.36. The van der Waals surface area contributed by atoms with Gasteiger partial charge in [0.1, 0.15) is 0 Å². The van der Waals surface area contributed by atoms with Gasteiger partial charge >= 0.3 is 0 Å². The first-order chi connectivity index (χ1) is 9.31. The number of benzene rings is 2. The highest BCUT2D eigenvalue weighted by atomic mass is 15.1. The minimum absolute atomic E-state index is 0.811. The molecule has 0 saturated heterocycles. The fraction of sp³-hybridized carbons (Fsp3) is 0.250. The predicted octanol–water partition coefficient (Wildman–Crippen LogP) is 2.80. The van der Waals surface area contributed by atoms with E-state index in [0.29, 0.717) is 0 Å². The minimum atomic E-state index is 0.811. The van der Waals surface area contributed by atoms with Crippen LogP contribution < -0.4 is 22.1 Å². The molecule has 0 bridgehead atoms. The van der Waals surface area contributed by atoms with Gasteiger partial charge in [-0.3, -0.25) is 0 Å². The fourth-order valence-electron chi connectivity index (χ4n) is 1.63. The van der Waals surface area contributed by atoms with Crippen LogP contribution in [-0.2, 0) is 0 Å². The molecule has 108 valence electrons. The largest absolute Gasteiger partial charge is 0.399 e. The van der Waals surface area contributed by atoms with Gasteiger partial charge in [-0.1, -0.05) is 0 Å². The summed E-state index contributed by atoms with van der Waals surface area (Å²) in [6, 6.07) is 11.6. The number of anilines is 4. The molecule has 6 N–H and O–H groups in total. The molecule has 0 aliphatic carbocycles. The van der Waals surface area contributed by atoms with Gasteiger partial charge in [-0.05, 0) is 61.4 Å². The highest BCUT2D eigenvalue weighted by Gasteiger charge is 1.96. The van der Waals surface area contributed by atoms with E-state index >= 15 is 0 Å². The van der Waals surface area contributed by atoms with Gasteiger partial charge in [0.05, 0.1) is 0 Å². The van der Waals surface area contributed by atoms with Crippen LogP contribution in [0.2, 0.25) is 0 Å². The summed E-state index contributed by atoms with van der Waals surface area (Å²) >= 11 is 0. The van der Waals surface area contributed by atoms with Crippen molar-refractivity contribution in [2.24, 2.45) is 0 Å². The van der Waals surface area contributed by atoms with E-state index in [1.54, 1.807) is 0 Å². The Morgan fingerprint density at radius 3 is 1.50 bits per heavy atom. The van der Waals surface area contributed by atoms with Crippen molar-refractivity contribution in [3.63, 3.8) is 0 Å². The first-order valence-corrected chi connectivity index (χ1v) is 6.46. The maximum Gasteiger partial charge on any atom is 0.0362 e. The lowest BCUT2D eigenvalue weighted by Crippen LogP contribution is -2.08. The van der Waals surface area contributed by atoms with Crippen molar-refractivity contribution in [1.82, 2.24) is 0 Å². The maximum atomic E-state index is 5.63. The molecule has 0 aliphatic rings. The van der Waals surface area contributed by atoms with Crippen molar-refractivity contribution >= 4 is 22.7 Å². The monoisotopic (exact) mass is 272 g/mol. The average Bonchev–Trinajstić information content (AvgIpc) is 2.38. The zero-order chi connectivity index (χ0) is 15.3. The van der Waals surface area contributed by atoms with E-state index in [0.717, 1.165) is 28.2 Å². The van der Waals surface area contributed by atoms with Crippen LogP contribution in [0.25, 0.3) is 0 Å². The molecule has 2 rings (SSSR count). The van der Waals surface area contributed by atoms with E-state index < -0.39 is 0 Å². The van der Waals surface area contributed by atoms with Gasteiger partial charge in [0, 0.05) is 36.8 Å². The lowest BCUT2D eigenvalue weighted by atomic mass is 10.1. The van der Waals surface area contributed by atoms with Gasteiger partial charge in [0.2, 0.25) is 0 Å². The van der Waals surface area contributed by atoms with Crippen molar-refractivity contribution in [2.45, 2.75) is 13.8 Å². The molecule has 0 aliphatic heterocycles. The molecule has 0 radical (unpaired) electrons. The second-order valence-electron chi connectivity index (χ2n) is 5.05. The summed E-state index contributed by atoms with van der Waals surface area (Å²) in [6.45, 7) is 3.90. The Balaban J connectivity index is 0.000000200. The molecule has 0 spiro atoms. The van der Waals surface area contributed by atoms with Gasteiger partial charge in [-0.15, -0.1) is 0 Å². The Morgan fingerprint density at radius 2 is 1.15 bits per heavy atom. The fourth-order valence-corrected chi connectivity index (χ4v) is 1.63. The van der Waals surface area contributed by atoms with E-state index in [4.69, 9.17) is 17.2 Å². The standard InChI is InChI=1S/2C8H12N2/c1-10(2)8-5-3-7(9)4-6-8;1-5-3-8(10)6(2)4-7(5)9/h3-6H,9H2,1-2H3;3-4H,9-10H2,1-2H3. The van der Waals surface area contributed by atoms with E-state index in [2.05, 4.69) is 0 Å². The normalized spacial score (nSPS) is 9.60. The van der Waals surface area contributed by atoms with Gasteiger partial charge < -0.3 is 22.1 Å². The first kappa shape index (κ1) is 15.7. The van der Waals surface area contributed by atoms with Gasteiger partial charge in [0.25, 0.3) is 0 Å². The second-order valence-corrected chi connectivity index (χ2v) is 5.05. The summed E-state index contributed by atoms with van der Waals surface area (Å²) < 4.78 is 0. The van der Waals surface area contributed by atoms with Crippen LogP contribution in [0.5, 0.6) is 0 Å². The average molecular weight is 272 g/mol. The lowest BCUT2D eigenvalue weighted by molar-refractivity contribution is 1.13. The first-order valence-electron chi connectivity index (χ1n) is 6.46. The summed E-state index contributed by atoms with van der Waals surface area (Å²) in [7, 11) is 4.01. The Bertz CT molecular complexity index is 509. The summed E-state index contributed by atoms with van der Waals surface area (Å²) in [4.78, 5) is 2.04. The molecule has 20 heavy (non-hydrogen) atoms. The molecular weight excluding hydrogens is 248 g/mol. The van der Waals surface area contributed by atoms with E-state index in [1.807, 2.05) is 69.2 Å². The quantitative estimate of drug-likeness (QED) is 0.697. The maximum absolute atomic E-state index is 5.63. The summed E-state index contributed by atoms with van der Waals surface area (Å²) in [5.41, 5.74) is 22.5. The molecule has 0 atom stereocenters. The number of nitrogen functional groups attached to an aromatic ring is 3. The highest BCUT2D eigenvalue weighted by Crippen LogP contribution is 2.18. The molecule has 0 amide bonds. The van der Waals surface area contributed by atoms with Crippen LogP contribution in [0.15, 0.2) is 36.4 Å². The van der Waals surface area contributed by atoms with Gasteiger partial charge in [0.15, 0.2) is 0 Å². The van der Waals surface area contributed by atoms with Crippen LogP contribution in [-0.4, -0.2) is 14.1 Å². The minimum Gasteiger partial charge on any atom is -0.399 e. The highest BCUT2D eigenvalue weighted by molar-refractivity contribution is 5.59. The third-order valence-corrected chi connectivity index (χ3v) is 3.06. The number of aryl methyl sites for hydroxylation is 2. The van der Waals surface area contributed by atoms with E-state index in [9.17, 15) is 0 Å². The topological polar surface area (TPSA) is 81.3 Å². The molecule has 4 heteroatoms. The molecule has 0 fully saturated rings. The van der Waals surface area contributed by atoms with Crippen LogP contribution in [0.3, 0.4) is 0 Å². The third kappa shape index (κ3) is 4.39. The smallest absolute Gasteiger partial charge is 0.0362 e. The van der Waals surface area contributed by atoms with Gasteiger partial charge in [-0.2, -0.15) is 0 Å². The zero-order valence-electron chi connectivity index (χ0n) is 12.6. The SMILES string of the molecule is CN(C)c1ccc(N)cc1.Cc1cc(N)c(C)cc1N. The number of hydrogen-bond donors (Lipinski definition) is 3. The predicted molar refractivity (Wildman–Crippen MR) is 89.9 cm³/mol. The molecular formula is C16H24N4. The second kappa shape index (κ2) is 6.70. The molecule has 0 aromatic heterocycles. The number of nitrogens with two attached hydrogens (primary N) is 3. The molecule has 2 aromatic carbocycles. The summed E-state index contributed by atoms with van der Waals surface area (Å²) in [5.74, 6) is 0. The van der Waals surface area contributed by atoms with E-state index in [-0.39, 0.29) is 0 Å². The van der Waals surface area contributed by atoms with Crippen molar-refractivity contribution in [2.75, 3.05) is 36.2 Å². The van der Waals surface area contributed by atoms with Crippen molar-refractivity contribution in [3.05, 3.63) is 47.5 Å². The molecule has 4 nitrogen and oxygen atoms in total. The van der Waals surface area contributed by atoms with Crippen LogP contribution in [0.1, 0.15) is 11.1 Å². The van der Waals surface area contributed by atoms with Crippen molar-refractivity contribution < 1.29 is 0 Å². The van der Waals surface area contributed by atoms with Crippen LogP contribution in [0, 0.1) is 13.8 Å². The van der Waals surface area contributed by atoms with Crippen molar-refractivity contribution in [1.29, 1.82) is 0 Å². The third-order valence-electron chi connectivity index (χ3n) is 3.06. The molecule has 0 saturated carbocycles. The summed E-state index contributed by atoms with van der Waals surface area (Å²) in [6.07, 6.45) is 0. The van der Waals surface area contributed by atoms with Crippen LogP contribution >= 0.6 is 0 Å². The number of hydrogen-bond acceptors (Lipinski definition) is 4. The Morgan fingerprint density at radius 1 is 0.750 bits per heavy atom.